The van der Waals surface area contributed by atoms with Gasteiger partial charge in [-0.15, -0.1) is 0 Å². The molecule has 3 rings (SSSR count). The molecule has 0 saturated carbocycles. The number of aromatic amines is 1. The van der Waals surface area contributed by atoms with Crippen LogP contribution in [0.5, 0.6) is 11.5 Å². The van der Waals surface area contributed by atoms with Gasteiger partial charge in [0.1, 0.15) is 17.5 Å². The molecule has 0 aliphatic heterocycles. The van der Waals surface area contributed by atoms with Crippen molar-refractivity contribution in [1.82, 2.24) is 13.9 Å². The second-order valence-corrected chi connectivity index (χ2v) is 8.82. The van der Waals surface area contributed by atoms with Crippen molar-refractivity contribution in [2.75, 3.05) is 7.05 Å². The Balaban J connectivity index is 1.78. The topological polar surface area (TPSA) is 139 Å². The maximum absolute atomic E-state index is 13.0. The van der Waals surface area contributed by atoms with E-state index >= 15 is 0 Å². The number of sulfonamides is 1. The van der Waals surface area contributed by atoms with Crippen molar-refractivity contribution in [2.24, 2.45) is 0 Å². The standard InChI is InChI=1S/C21H21N3O7S/c1-23(18(20(26)27)12-14-24-19(25)11-13-22-21(24)28)32(29,30)17-9-7-16(8-10-17)31-15-5-3-2-4-6-15/h2-11,13,18H,12,14H2,1H3,(H,22,28)(H,26,27). The second kappa shape index (κ2) is 9.62. The predicted octanol–water partition coefficient (Wildman–Crippen LogP) is 1.49. The van der Waals surface area contributed by atoms with Crippen molar-refractivity contribution in [3.8, 4) is 11.5 Å². The normalized spacial score (nSPS) is 12.4. The summed E-state index contributed by atoms with van der Waals surface area (Å²) in [7, 11) is -3.03. The van der Waals surface area contributed by atoms with E-state index in [1.807, 2.05) is 6.07 Å². The van der Waals surface area contributed by atoms with Crippen molar-refractivity contribution in [3.05, 3.63) is 87.7 Å². The SMILES string of the molecule is CN(C(CCn1c(=O)cc[nH]c1=O)C(=O)O)S(=O)(=O)c1ccc(Oc2ccccc2)cc1. The summed E-state index contributed by atoms with van der Waals surface area (Å²) < 4.78 is 33.1. The lowest BCUT2D eigenvalue weighted by atomic mass is 10.2. The zero-order valence-electron chi connectivity index (χ0n) is 17.0. The van der Waals surface area contributed by atoms with Gasteiger partial charge < -0.3 is 14.8 Å². The van der Waals surface area contributed by atoms with Crippen molar-refractivity contribution in [1.29, 1.82) is 0 Å². The molecule has 1 unspecified atom stereocenters. The predicted molar refractivity (Wildman–Crippen MR) is 115 cm³/mol. The van der Waals surface area contributed by atoms with Crippen LogP contribution >= 0.6 is 0 Å². The first-order valence-corrected chi connectivity index (χ1v) is 11.0. The highest BCUT2D eigenvalue weighted by Gasteiger charge is 2.33. The third kappa shape index (κ3) is 5.13. The third-order valence-electron chi connectivity index (χ3n) is 4.77. The lowest BCUT2D eigenvalue weighted by molar-refractivity contribution is -0.141. The molecule has 2 N–H and O–H groups in total. The largest absolute Gasteiger partial charge is 0.480 e. The average Bonchev–Trinajstić information content (AvgIpc) is 2.76. The molecule has 2 aromatic carbocycles. The van der Waals surface area contributed by atoms with Gasteiger partial charge in [-0.3, -0.25) is 14.2 Å². The van der Waals surface area contributed by atoms with Crippen LogP contribution in [0.4, 0.5) is 0 Å². The molecule has 0 amide bonds. The van der Waals surface area contributed by atoms with E-state index in [4.69, 9.17) is 4.74 Å². The van der Waals surface area contributed by atoms with E-state index in [0.29, 0.717) is 15.8 Å². The van der Waals surface area contributed by atoms with Crippen LogP contribution in [-0.2, 0) is 21.4 Å². The molecule has 32 heavy (non-hydrogen) atoms. The quantitative estimate of drug-likeness (QED) is 0.494. The van der Waals surface area contributed by atoms with Crippen molar-refractivity contribution >= 4 is 16.0 Å². The number of likely N-dealkylation sites (N-methyl/N-ethyl adjacent to an activating group) is 1. The smallest absolute Gasteiger partial charge is 0.328 e. The Hall–Kier alpha value is -3.70. The average molecular weight is 459 g/mol. The summed E-state index contributed by atoms with van der Waals surface area (Å²) in [5, 5.41) is 9.58. The van der Waals surface area contributed by atoms with Crippen LogP contribution < -0.4 is 16.0 Å². The van der Waals surface area contributed by atoms with Crippen LogP contribution in [0.15, 0.2) is 81.3 Å². The Labute approximate surface area is 183 Å². The molecule has 1 heterocycles. The highest BCUT2D eigenvalue weighted by Crippen LogP contribution is 2.25. The summed E-state index contributed by atoms with van der Waals surface area (Å²) in [5.74, 6) is -0.409. The molecule has 0 aliphatic carbocycles. The summed E-state index contributed by atoms with van der Waals surface area (Å²) in [4.78, 5) is 37.6. The second-order valence-electron chi connectivity index (χ2n) is 6.82. The van der Waals surface area contributed by atoms with Gasteiger partial charge in [0.25, 0.3) is 5.56 Å². The third-order valence-corrected chi connectivity index (χ3v) is 6.65. The van der Waals surface area contributed by atoms with Crippen LogP contribution in [0.1, 0.15) is 6.42 Å². The maximum Gasteiger partial charge on any atom is 0.328 e. The van der Waals surface area contributed by atoms with E-state index < -0.39 is 33.3 Å². The molecule has 168 valence electrons. The number of hydrogen-bond acceptors (Lipinski definition) is 6. The van der Waals surface area contributed by atoms with Crippen molar-refractivity contribution in [2.45, 2.75) is 23.9 Å². The molecule has 0 radical (unpaired) electrons. The van der Waals surface area contributed by atoms with Crippen LogP contribution in [0.3, 0.4) is 0 Å². The zero-order valence-corrected chi connectivity index (χ0v) is 17.9. The molecule has 0 bridgehead atoms. The van der Waals surface area contributed by atoms with E-state index in [1.165, 1.54) is 30.5 Å². The van der Waals surface area contributed by atoms with Gasteiger partial charge in [0, 0.05) is 25.9 Å². The van der Waals surface area contributed by atoms with Gasteiger partial charge in [0.05, 0.1) is 4.90 Å². The number of carboxylic acid groups (broad SMARTS) is 1. The van der Waals surface area contributed by atoms with Crippen LogP contribution in [0.25, 0.3) is 0 Å². The number of hydrogen-bond donors (Lipinski definition) is 2. The molecule has 3 aromatic rings. The summed E-state index contributed by atoms with van der Waals surface area (Å²) in [6.07, 6.45) is 0.894. The van der Waals surface area contributed by atoms with Gasteiger partial charge in [-0.1, -0.05) is 18.2 Å². The minimum atomic E-state index is -4.17. The Kier molecular flexibility index (Phi) is 6.91. The minimum absolute atomic E-state index is 0.124. The number of carbonyl (C=O) groups is 1. The zero-order chi connectivity index (χ0) is 23.3. The number of aromatic nitrogens is 2. The molecule has 1 atom stereocenters. The molecule has 1 aromatic heterocycles. The fraction of sp³-hybridized carbons (Fsp3) is 0.190. The highest BCUT2D eigenvalue weighted by atomic mass is 32.2. The number of nitrogens with one attached hydrogen (secondary N) is 1. The number of nitrogens with zero attached hydrogens (tertiary/aromatic N) is 2. The minimum Gasteiger partial charge on any atom is -0.480 e. The van der Waals surface area contributed by atoms with E-state index in [2.05, 4.69) is 4.98 Å². The monoisotopic (exact) mass is 459 g/mol. The first-order chi connectivity index (χ1) is 15.2. The van der Waals surface area contributed by atoms with E-state index in [1.54, 1.807) is 24.3 Å². The van der Waals surface area contributed by atoms with Crippen molar-refractivity contribution in [3.63, 3.8) is 0 Å². The van der Waals surface area contributed by atoms with Crippen LogP contribution in [-0.4, -0.2) is 46.4 Å². The number of benzene rings is 2. The fourth-order valence-electron chi connectivity index (χ4n) is 3.01. The number of para-hydroxylation sites is 1. The molecule has 0 spiro atoms. The lowest BCUT2D eigenvalue weighted by Crippen LogP contribution is -2.44. The lowest BCUT2D eigenvalue weighted by Gasteiger charge is -2.24. The summed E-state index contributed by atoms with van der Waals surface area (Å²) in [6.45, 7) is -0.268. The first kappa shape index (κ1) is 23.0. The summed E-state index contributed by atoms with van der Waals surface area (Å²) in [5.41, 5.74) is -1.32. The first-order valence-electron chi connectivity index (χ1n) is 9.52. The van der Waals surface area contributed by atoms with E-state index in [9.17, 15) is 27.9 Å². The van der Waals surface area contributed by atoms with Crippen LogP contribution in [0.2, 0.25) is 0 Å². The molecule has 0 fully saturated rings. The number of rotatable bonds is 9. The molecule has 11 heteroatoms. The highest BCUT2D eigenvalue weighted by molar-refractivity contribution is 7.89. The number of ether oxygens (including phenoxy) is 1. The number of H-pyrrole nitrogens is 1. The van der Waals surface area contributed by atoms with Gasteiger partial charge in [0.2, 0.25) is 10.0 Å². The fourth-order valence-corrected chi connectivity index (χ4v) is 4.36. The van der Waals surface area contributed by atoms with Gasteiger partial charge in [-0.2, -0.15) is 4.31 Å². The molecular formula is C21H21N3O7S. The van der Waals surface area contributed by atoms with Crippen molar-refractivity contribution < 1.29 is 23.1 Å². The molecular weight excluding hydrogens is 438 g/mol. The Morgan fingerprint density at radius 2 is 1.69 bits per heavy atom. The van der Waals surface area contributed by atoms with Gasteiger partial charge >= 0.3 is 11.7 Å². The van der Waals surface area contributed by atoms with Gasteiger partial charge in [-0.25, -0.2) is 13.2 Å². The van der Waals surface area contributed by atoms with Gasteiger partial charge in [0.15, 0.2) is 0 Å². The molecule has 10 nitrogen and oxygen atoms in total. The molecule has 0 saturated heterocycles. The van der Waals surface area contributed by atoms with E-state index in [0.717, 1.165) is 17.7 Å². The Morgan fingerprint density at radius 3 is 2.28 bits per heavy atom. The summed E-state index contributed by atoms with van der Waals surface area (Å²) >= 11 is 0. The molecule has 0 aliphatic rings. The Bertz CT molecular complexity index is 1270. The maximum atomic E-state index is 13.0. The number of aliphatic carboxylic acids is 1. The summed E-state index contributed by atoms with van der Waals surface area (Å²) in [6, 6.07) is 14.1. The van der Waals surface area contributed by atoms with Gasteiger partial charge in [-0.05, 0) is 42.8 Å². The van der Waals surface area contributed by atoms with E-state index in [-0.39, 0.29) is 17.9 Å². The number of carboxylic acids is 1. The Morgan fingerprint density at radius 1 is 1.06 bits per heavy atom. The van der Waals surface area contributed by atoms with Crippen LogP contribution in [0, 0.1) is 0 Å².